The second-order valence-corrected chi connectivity index (χ2v) is 24.1. The molecule has 2 saturated carbocycles. The molecule has 2 saturated heterocycles. The highest BCUT2D eigenvalue weighted by atomic mass is 32.2. The standard InChI is InChI=1S/C29H30FN5O4S.C29H30FN5O2S/c1-18-14-20(6-9-22(18)29(36)33-21-7-8-21)25-17-32-28-24(31-16-19-10-12-40(37,38)13-11-19)15-27(34-35(25)28)39-26-5-3-2-4-23(26)30;1-18-14-20(6-9-22(18)29(36)33-21-7-8-21)25-17-32-28-24(31-16-19-10-12-38-13-11-19)15-27(34-35(25)28)37-26-5-3-2-4-23(26)30/h2-6,9,14-15,17,19,21,31H,7-8,10-13,16H2,1H3,(H,33,36);2-6,9,14-15,17,19,21,31H,7-8,10-13,16H2,1H3,(H,33,36). The highest BCUT2D eigenvalue weighted by Crippen LogP contribution is 2.34. The largest absolute Gasteiger partial charge is 0.434 e. The zero-order chi connectivity index (χ0) is 53.9. The van der Waals surface area contributed by atoms with E-state index in [0.29, 0.717) is 65.1 Å². The Labute approximate surface area is 455 Å². The lowest BCUT2D eigenvalue weighted by atomic mass is 10.0. The van der Waals surface area contributed by atoms with Crippen molar-refractivity contribution >= 4 is 56.1 Å². The van der Waals surface area contributed by atoms with Crippen LogP contribution in [0.5, 0.6) is 23.3 Å². The number of nitrogens with one attached hydrogen (secondary N) is 4. The number of anilines is 2. The van der Waals surface area contributed by atoms with E-state index < -0.39 is 21.5 Å². The van der Waals surface area contributed by atoms with Crippen LogP contribution in [0.2, 0.25) is 0 Å². The highest BCUT2D eigenvalue weighted by molar-refractivity contribution is 7.99. The Hall–Kier alpha value is -7.58. The van der Waals surface area contributed by atoms with Gasteiger partial charge in [-0.25, -0.2) is 36.2 Å². The van der Waals surface area contributed by atoms with E-state index in [1.807, 2.05) is 55.9 Å². The maximum Gasteiger partial charge on any atom is 0.251 e. The summed E-state index contributed by atoms with van der Waals surface area (Å²) in [6.07, 6.45) is 11.1. The third kappa shape index (κ3) is 12.4. The first-order valence-corrected chi connectivity index (χ1v) is 29.5. The Bertz CT molecular complexity index is 3640. The van der Waals surface area contributed by atoms with Gasteiger partial charge in [0, 0.05) is 59.6 Å². The van der Waals surface area contributed by atoms with Crippen molar-refractivity contribution in [3.8, 4) is 45.8 Å². The number of fused-ring (bicyclic) bond motifs is 2. The SMILES string of the molecule is Cc1cc(-c2cnc3c(NCC4CCS(=O)(=O)CC4)cc(Oc4ccccc4F)nn23)ccc1C(=O)NC1CC1.Cc1cc(-c2cnc3c(NCC4CCSCC4)cc(Oc4ccccc4F)nn23)ccc1C(=O)NC1CC1. The number of rotatable bonds is 16. The maximum absolute atomic E-state index is 14.4. The van der Waals surface area contributed by atoms with Gasteiger partial charge in [-0.2, -0.15) is 11.8 Å². The van der Waals surface area contributed by atoms with Crippen molar-refractivity contribution in [1.29, 1.82) is 0 Å². The number of halogens is 2. The molecule has 4 aromatic heterocycles. The zero-order valence-corrected chi connectivity index (χ0v) is 44.9. The number of para-hydroxylation sites is 2. The minimum absolute atomic E-state index is 0.0407. The molecule has 20 heteroatoms. The first-order chi connectivity index (χ1) is 37.8. The normalized spacial score (nSPS) is 16.5. The molecule has 2 aliphatic heterocycles. The zero-order valence-electron chi connectivity index (χ0n) is 43.3. The lowest BCUT2D eigenvalue weighted by Gasteiger charge is -2.22. The summed E-state index contributed by atoms with van der Waals surface area (Å²) in [4.78, 5) is 34.5. The number of carbonyl (C=O) groups is 2. The fraction of sp³-hybridized carbons (Fsp3) is 0.345. The average molecular weight is 1100 g/mol. The number of ether oxygens (including phenoxy) is 2. The van der Waals surface area contributed by atoms with E-state index in [2.05, 4.69) is 41.4 Å². The van der Waals surface area contributed by atoms with Gasteiger partial charge >= 0.3 is 0 Å². The Kier molecular flexibility index (Phi) is 15.3. The Balaban J connectivity index is 0.000000166. The number of benzene rings is 4. The molecule has 2 aliphatic carbocycles. The summed E-state index contributed by atoms with van der Waals surface area (Å²) in [5.74, 6) is 3.03. The van der Waals surface area contributed by atoms with Crippen molar-refractivity contribution < 1.29 is 36.3 Å². The molecule has 0 spiro atoms. The number of carbonyl (C=O) groups excluding carboxylic acids is 2. The molecule has 0 radical (unpaired) electrons. The van der Waals surface area contributed by atoms with Crippen LogP contribution in [0, 0.1) is 37.3 Å². The number of thioether (sulfide) groups is 1. The van der Waals surface area contributed by atoms with E-state index >= 15 is 0 Å². The number of aromatic nitrogens is 6. The minimum atomic E-state index is -2.96. The number of amides is 2. The summed E-state index contributed by atoms with van der Waals surface area (Å²) < 4.78 is 67.6. The number of sulfone groups is 1. The molecule has 16 nitrogen and oxygen atoms in total. The molecule has 2 amide bonds. The van der Waals surface area contributed by atoms with Crippen LogP contribution in [0.1, 0.15) is 83.2 Å². The Morgan fingerprint density at radius 3 is 1.46 bits per heavy atom. The van der Waals surface area contributed by atoms with Gasteiger partial charge in [0.05, 0.1) is 46.7 Å². The van der Waals surface area contributed by atoms with Crippen LogP contribution >= 0.6 is 11.8 Å². The topological polar surface area (TPSA) is 195 Å². The first kappa shape index (κ1) is 52.5. The molecule has 4 aromatic carbocycles. The molecule has 4 fully saturated rings. The monoisotopic (exact) mass is 1090 g/mol. The summed E-state index contributed by atoms with van der Waals surface area (Å²) in [5.41, 5.74) is 8.76. The summed E-state index contributed by atoms with van der Waals surface area (Å²) >= 11 is 2.00. The average Bonchev–Trinajstić information content (AvgIpc) is 4.48. The van der Waals surface area contributed by atoms with Crippen LogP contribution in [0.3, 0.4) is 0 Å². The van der Waals surface area contributed by atoms with Crippen molar-refractivity contribution in [3.63, 3.8) is 0 Å². The summed E-state index contributed by atoms with van der Waals surface area (Å²) in [5, 5.41) is 22.4. The third-order valence-electron chi connectivity index (χ3n) is 14.5. The second-order valence-electron chi connectivity index (χ2n) is 20.6. The van der Waals surface area contributed by atoms with E-state index in [1.54, 1.807) is 70.0 Å². The molecule has 0 unspecified atom stereocenters. The summed E-state index contributed by atoms with van der Waals surface area (Å²) in [7, 11) is -2.96. The van der Waals surface area contributed by atoms with Gasteiger partial charge < -0.3 is 30.7 Å². The van der Waals surface area contributed by atoms with Crippen LogP contribution in [0.25, 0.3) is 33.8 Å². The van der Waals surface area contributed by atoms with Crippen molar-refractivity contribution in [2.45, 2.75) is 77.3 Å². The van der Waals surface area contributed by atoms with E-state index in [9.17, 15) is 26.8 Å². The number of aryl methyl sites for hydroxylation is 2. The number of imidazole rings is 2. The quantitative estimate of drug-likeness (QED) is 0.0714. The van der Waals surface area contributed by atoms with Gasteiger partial charge in [-0.15, -0.1) is 10.2 Å². The fourth-order valence-electron chi connectivity index (χ4n) is 9.67. The van der Waals surface area contributed by atoms with Gasteiger partial charge in [-0.1, -0.05) is 36.4 Å². The summed E-state index contributed by atoms with van der Waals surface area (Å²) in [6, 6.07) is 27.8. The van der Waals surface area contributed by atoms with E-state index in [0.717, 1.165) is 65.9 Å². The molecular weight excluding hydrogens is 1030 g/mol. The molecule has 12 rings (SSSR count). The van der Waals surface area contributed by atoms with E-state index in [1.165, 1.54) is 42.5 Å². The molecule has 8 aromatic rings. The van der Waals surface area contributed by atoms with Crippen molar-refractivity contribution in [2.24, 2.45) is 11.8 Å². The number of nitrogens with zero attached hydrogens (tertiary/aromatic N) is 6. The molecule has 4 N–H and O–H groups in total. The van der Waals surface area contributed by atoms with Crippen molar-refractivity contribution in [3.05, 3.63) is 143 Å². The minimum Gasteiger partial charge on any atom is -0.434 e. The molecule has 0 bridgehead atoms. The first-order valence-electron chi connectivity index (χ1n) is 26.5. The van der Waals surface area contributed by atoms with Crippen LogP contribution in [-0.4, -0.2) is 97.6 Å². The molecule has 4 aliphatic rings. The van der Waals surface area contributed by atoms with Gasteiger partial charge in [0.25, 0.3) is 11.8 Å². The van der Waals surface area contributed by atoms with Gasteiger partial charge in [-0.05, 0) is 148 Å². The lowest BCUT2D eigenvalue weighted by Crippen LogP contribution is -2.27. The fourth-order valence-corrected chi connectivity index (χ4v) is 12.5. The molecular formula is C58H60F2N10O6S2. The van der Waals surface area contributed by atoms with Crippen molar-refractivity contribution in [2.75, 3.05) is 46.7 Å². The van der Waals surface area contributed by atoms with Crippen LogP contribution in [-0.2, 0) is 9.84 Å². The maximum atomic E-state index is 14.4. The van der Waals surface area contributed by atoms with Crippen LogP contribution < -0.4 is 30.7 Å². The van der Waals surface area contributed by atoms with Crippen LogP contribution in [0.15, 0.2) is 109 Å². The third-order valence-corrected chi connectivity index (χ3v) is 17.3. The number of hydrogen-bond acceptors (Lipinski definition) is 13. The van der Waals surface area contributed by atoms with Crippen molar-refractivity contribution in [1.82, 2.24) is 39.8 Å². The predicted octanol–water partition coefficient (Wildman–Crippen LogP) is 10.8. The Morgan fingerprint density at radius 2 is 1.04 bits per heavy atom. The highest BCUT2D eigenvalue weighted by Gasteiger charge is 2.28. The van der Waals surface area contributed by atoms with Gasteiger partial charge in [0.15, 0.2) is 34.4 Å². The van der Waals surface area contributed by atoms with E-state index in [4.69, 9.17) is 9.47 Å². The van der Waals surface area contributed by atoms with Gasteiger partial charge in [0.2, 0.25) is 11.8 Å². The summed E-state index contributed by atoms with van der Waals surface area (Å²) in [6.45, 7) is 5.21. The molecule has 6 heterocycles. The van der Waals surface area contributed by atoms with Gasteiger partial charge in [0.1, 0.15) is 9.84 Å². The predicted molar refractivity (Wildman–Crippen MR) is 299 cm³/mol. The smallest absolute Gasteiger partial charge is 0.251 e. The molecule has 0 atom stereocenters. The van der Waals surface area contributed by atoms with E-state index in [-0.39, 0.29) is 58.5 Å². The second kappa shape index (κ2) is 22.8. The van der Waals surface area contributed by atoms with Gasteiger partial charge in [-0.3, -0.25) is 9.59 Å². The lowest BCUT2D eigenvalue weighted by molar-refractivity contribution is 0.0942. The van der Waals surface area contributed by atoms with Crippen LogP contribution in [0.4, 0.5) is 20.2 Å². The Morgan fingerprint density at radius 1 is 0.603 bits per heavy atom. The molecule has 78 heavy (non-hydrogen) atoms. The number of hydrogen-bond donors (Lipinski definition) is 4. The molecule has 404 valence electrons.